The normalized spacial score (nSPS) is 15.3. The number of phenols is 1. The van der Waals surface area contributed by atoms with Crippen LogP contribution < -0.4 is 0 Å². The molecule has 0 aliphatic carbocycles. The summed E-state index contributed by atoms with van der Waals surface area (Å²) in [5.41, 5.74) is 4.55. The molecule has 118 valence electrons. The summed E-state index contributed by atoms with van der Waals surface area (Å²) in [6.07, 6.45) is 4.63. The van der Waals surface area contributed by atoms with Crippen LogP contribution in [0.2, 0.25) is 0 Å². The fraction of sp³-hybridized carbons (Fsp3) is 0.250. The number of allylic oxidation sites excluding steroid dienone is 1. The number of fused-ring (bicyclic) bond motifs is 1. The highest BCUT2D eigenvalue weighted by molar-refractivity contribution is 6.09. The summed E-state index contributed by atoms with van der Waals surface area (Å²) in [5.74, 6) is 0.161. The molecule has 0 aromatic heterocycles. The molecule has 23 heavy (non-hydrogen) atoms. The number of hydrogen-bond donors (Lipinski definition) is 1. The van der Waals surface area contributed by atoms with E-state index in [1.807, 2.05) is 24.3 Å². The van der Waals surface area contributed by atoms with Crippen molar-refractivity contribution in [3.05, 3.63) is 70.8 Å². The van der Waals surface area contributed by atoms with Crippen molar-refractivity contribution < 1.29 is 9.90 Å². The quantitative estimate of drug-likeness (QED) is 0.927. The molecular weight excluding hydrogens is 286 g/mol. The molecule has 0 fully saturated rings. The number of hydrogen-bond acceptors (Lipinski definition) is 2. The molecule has 2 aromatic rings. The first kappa shape index (κ1) is 15.3. The molecule has 0 atom stereocenters. The summed E-state index contributed by atoms with van der Waals surface area (Å²) >= 11 is 0. The van der Waals surface area contributed by atoms with Gasteiger partial charge in [-0.3, -0.25) is 4.79 Å². The van der Waals surface area contributed by atoms with E-state index in [2.05, 4.69) is 25.1 Å². The van der Waals surface area contributed by atoms with Crippen LogP contribution in [0.15, 0.2) is 48.5 Å². The minimum absolute atomic E-state index is 0.0577. The van der Waals surface area contributed by atoms with Gasteiger partial charge < -0.3 is 10.0 Å². The molecule has 1 amide bonds. The lowest BCUT2D eigenvalue weighted by Crippen LogP contribution is -2.17. The molecule has 3 nitrogen and oxygen atoms in total. The first-order valence-corrected chi connectivity index (χ1v) is 8.00. The van der Waals surface area contributed by atoms with Crippen LogP contribution in [0.5, 0.6) is 5.75 Å². The zero-order valence-electron chi connectivity index (χ0n) is 13.5. The predicted molar refractivity (Wildman–Crippen MR) is 92.3 cm³/mol. The van der Waals surface area contributed by atoms with Crippen molar-refractivity contribution in [2.24, 2.45) is 0 Å². The number of carbonyl (C=O) groups excluding carboxylic acids is 1. The van der Waals surface area contributed by atoms with Crippen LogP contribution in [0.25, 0.3) is 5.70 Å². The van der Waals surface area contributed by atoms with E-state index >= 15 is 0 Å². The van der Waals surface area contributed by atoms with Crippen LogP contribution in [0.4, 0.5) is 0 Å². The van der Waals surface area contributed by atoms with Gasteiger partial charge in [0.05, 0.1) is 5.56 Å². The second kappa shape index (κ2) is 6.29. The topological polar surface area (TPSA) is 40.5 Å². The van der Waals surface area contributed by atoms with Crippen LogP contribution in [0.1, 0.15) is 40.4 Å². The minimum Gasteiger partial charge on any atom is -0.508 e. The van der Waals surface area contributed by atoms with Gasteiger partial charge in [-0.2, -0.15) is 0 Å². The van der Waals surface area contributed by atoms with Gasteiger partial charge in [-0.1, -0.05) is 49.8 Å². The number of phenolic OH excluding ortho intramolecular Hbond substituents is 1. The third-order valence-electron chi connectivity index (χ3n) is 4.28. The Hall–Kier alpha value is -2.55. The van der Waals surface area contributed by atoms with Crippen LogP contribution in [0, 0.1) is 0 Å². The maximum atomic E-state index is 12.4. The van der Waals surface area contributed by atoms with E-state index in [0.717, 1.165) is 36.1 Å². The highest BCUT2D eigenvalue weighted by atomic mass is 16.3. The van der Waals surface area contributed by atoms with Gasteiger partial charge in [0.2, 0.25) is 0 Å². The monoisotopic (exact) mass is 307 g/mol. The number of carbonyl (C=O) groups is 1. The smallest absolute Gasteiger partial charge is 0.258 e. The Labute approximate surface area is 136 Å². The second-order valence-electron chi connectivity index (χ2n) is 5.92. The summed E-state index contributed by atoms with van der Waals surface area (Å²) in [6.45, 7) is 2.08. The highest BCUT2D eigenvalue weighted by Gasteiger charge is 2.30. The largest absolute Gasteiger partial charge is 0.508 e. The van der Waals surface area contributed by atoms with Crippen molar-refractivity contribution in [1.29, 1.82) is 0 Å². The Bertz CT molecular complexity index is 763. The third-order valence-corrected chi connectivity index (χ3v) is 4.28. The molecule has 0 unspecified atom stereocenters. The van der Waals surface area contributed by atoms with E-state index in [9.17, 15) is 9.90 Å². The fourth-order valence-electron chi connectivity index (χ4n) is 3.04. The average molecular weight is 307 g/mol. The summed E-state index contributed by atoms with van der Waals surface area (Å²) in [5, 5.41) is 10.1. The zero-order valence-corrected chi connectivity index (χ0v) is 13.5. The van der Waals surface area contributed by atoms with Crippen LogP contribution >= 0.6 is 0 Å². The molecule has 0 bridgehead atoms. The summed E-state index contributed by atoms with van der Waals surface area (Å²) < 4.78 is 0. The van der Waals surface area contributed by atoms with E-state index in [1.54, 1.807) is 18.0 Å². The lowest BCUT2D eigenvalue weighted by atomic mass is 9.99. The second-order valence-corrected chi connectivity index (χ2v) is 5.92. The lowest BCUT2D eigenvalue weighted by Gasteiger charge is -2.12. The van der Waals surface area contributed by atoms with Crippen molar-refractivity contribution in [3.8, 4) is 5.75 Å². The molecule has 1 aliphatic rings. The van der Waals surface area contributed by atoms with Gasteiger partial charge >= 0.3 is 0 Å². The molecule has 2 aromatic carbocycles. The zero-order chi connectivity index (χ0) is 16.4. The van der Waals surface area contributed by atoms with Gasteiger partial charge in [0.1, 0.15) is 5.75 Å². The molecule has 1 aliphatic heterocycles. The van der Waals surface area contributed by atoms with Crippen molar-refractivity contribution in [2.75, 3.05) is 7.05 Å². The summed E-state index contributed by atoms with van der Waals surface area (Å²) in [4.78, 5) is 14.1. The molecular formula is C20H21NO2. The Balaban J connectivity index is 2.00. The molecule has 0 spiro atoms. The Morgan fingerprint density at radius 1 is 1.13 bits per heavy atom. The molecule has 3 heteroatoms. The minimum atomic E-state index is -0.0577. The van der Waals surface area contributed by atoms with E-state index in [4.69, 9.17) is 0 Å². The van der Waals surface area contributed by atoms with Gasteiger partial charge in [0.15, 0.2) is 0 Å². The van der Waals surface area contributed by atoms with Crippen LogP contribution in [0.3, 0.4) is 0 Å². The molecule has 0 saturated heterocycles. The highest BCUT2D eigenvalue weighted by Crippen LogP contribution is 2.36. The van der Waals surface area contributed by atoms with Crippen LogP contribution in [-0.2, 0) is 12.8 Å². The standard InChI is InChI=1S/C20H21NO2/c1-3-7-15-12-16-17(13-19(15)22)20(23)21(2)18(16)11-10-14-8-5-4-6-9-14/h4-6,8-9,11-13,22H,3,7,10H2,1-2H3/b18-11+. The number of amides is 1. The van der Waals surface area contributed by atoms with E-state index in [1.165, 1.54) is 5.56 Å². The summed E-state index contributed by atoms with van der Waals surface area (Å²) in [7, 11) is 1.79. The number of benzene rings is 2. The van der Waals surface area contributed by atoms with Crippen molar-refractivity contribution in [2.45, 2.75) is 26.2 Å². The number of aromatic hydroxyl groups is 1. The first-order valence-electron chi connectivity index (χ1n) is 8.00. The van der Waals surface area contributed by atoms with Crippen molar-refractivity contribution in [3.63, 3.8) is 0 Å². The first-order chi connectivity index (χ1) is 11.1. The molecule has 0 saturated carbocycles. The third kappa shape index (κ3) is 2.87. The SMILES string of the molecule is CCCc1cc2c(cc1O)C(=O)N(C)/C2=C/Cc1ccccc1. The van der Waals surface area contributed by atoms with E-state index < -0.39 is 0 Å². The van der Waals surface area contributed by atoms with E-state index in [-0.39, 0.29) is 11.7 Å². The maximum Gasteiger partial charge on any atom is 0.258 e. The number of rotatable bonds is 4. The Morgan fingerprint density at radius 2 is 1.87 bits per heavy atom. The van der Waals surface area contributed by atoms with Gasteiger partial charge in [0, 0.05) is 18.3 Å². The average Bonchev–Trinajstić information content (AvgIpc) is 2.78. The Morgan fingerprint density at radius 3 is 2.57 bits per heavy atom. The summed E-state index contributed by atoms with van der Waals surface area (Å²) in [6, 6.07) is 13.8. The molecule has 3 rings (SSSR count). The van der Waals surface area contributed by atoms with Gasteiger partial charge in [0.25, 0.3) is 5.91 Å². The van der Waals surface area contributed by atoms with E-state index in [0.29, 0.717) is 5.56 Å². The van der Waals surface area contributed by atoms with Gasteiger partial charge in [-0.05, 0) is 36.1 Å². The van der Waals surface area contributed by atoms with Gasteiger partial charge in [-0.15, -0.1) is 0 Å². The predicted octanol–water partition coefficient (Wildman–Crippen LogP) is 4.01. The van der Waals surface area contributed by atoms with Crippen molar-refractivity contribution >= 4 is 11.6 Å². The Kier molecular flexibility index (Phi) is 4.20. The van der Waals surface area contributed by atoms with Gasteiger partial charge in [-0.25, -0.2) is 0 Å². The van der Waals surface area contributed by atoms with Crippen LogP contribution in [-0.4, -0.2) is 23.0 Å². The number of nitrogens with zero attached hydrogens (tertiary/aromatic N) is 1. The molecule has 0 radical (unpaired) electrons. The van der Waals surface area contributed by atoms with Crippen molar-refractivity contribution in [1.82, 2.24) is 4.90 Å². The molecule has 1 heterocycles. The molecule has 1 N–H and O–H groups in total. The fourth-order valence-corrected chi connectivity index (χ4v) is 3.04. The number of aryl methyl sites for hydroxylation is 1. The lowest BCUT2D eigenvalue weighted by molar-refractivity contribution is 0.0874. The maximum absolute atomic E-state index is 12.4.